The third-order valence-corrected chi connectivity index (χ3v) is 5.98. The molecule has 1 aromatic heterocycles. The molecule has 0 bridgehead atoms. The van der Waals surface area contributed by atoms with Crippen molar-refractivity contribution in [2.24, 2.45) is 0 Å². The molecule has 28 heavy (non-hydrogen) atoms. The van der Waals surface area contributed by atoms with Crippen LogP contribution >= 0.6 is 0 Å². The number of aryl methyl sites for hydroxylation is 3. The quantitative estimate of drug-likeness (QED) is 0.686. The second-order valence-corrected chi connectivity index (χ2v) is 8.43. The molecule has 0 radical (unpaired) electrons. The van der Waals surface area contributed by atoms with Crippen molar-refractivity contribution < 1.29 is 17.7 Å². The van der Waals surface area contributed by atoms with Gasteiger partial charge in [-0.3, -0.25) is 9.52 Å². The van der Waals surface area contributed by atoms with Gasteiger partial charge in [0, 0.05) is 17.3 Å². The maximum absolute atomic E-state index is 12.6. The summed E-state index contributed by atoms with van der Waals surface area (Å²) in [5, 5.41) is 6.46. The molecule has 0 saturated carbocycles. The van der Waals surface area contributed by atoms with Crippen molar-refractivity contribution in [2.45, 2.75) is 31.1 Å². The van der Waals surface area contributed by atoms with Crippen LogP contribution in [0.2, 0.25) is 0 Å². The number of benzene rings is 2. The van der Waals surface area contributed by atoms with Gasteiger partial charge < -0.3 is 9.84 Å². The lowest BCUT2D eigenvalue weighted by Crippen LogP contribution is -2.16. The van der Waals surface area contributed by atoms with E-state index in [1.165, 1.54) is 35.4 Å². The summed E-state index contributed by atoms with van der Waals surface area (Å²) in [7, 11) is -3.89. The van der Waals surface area contributed by atoms with E-state index in [9.17, 15) is 13.2 Å². The average Bonchev–Trinajstić information content (AvgIpc) is 3.29. The van der Waals surface area contributed by atoms with E-state index >= 15 is 0 Å². The summed E-state index contributed by atoms with van der Waals surface area (Å²) in [6.45, 7) is 1.66. The Bertz CT molecular complexity index is 1150. The highest BCUT2D eigenvalue weighted by atomic mass is 32.2. The summed E-state index contributed by atoms with van der Waals surface area (Å²) < 4.78 is 32.3. The molecule has 1 aliphatic carbocycles. The van der Waals surface area contributed by atoms with Gasteiger partial charge in [-0.15, -0.1) is 0 Å². The number of sulfonamides is 1. The predicted octanol–water partition coefficient (Wildman–Crippen LogP) is 3.52. The van der Waals surface area contributed by atoms with Crippen LogP contribution in [0, 0.1) is 6.92 Å². The van der Waals surface area contributed by atoms with Crippen LogP contribution in [0.15, 0.2) is 57.9 Å². The Morgan fingerprint density at radius 2 is 1.89 bits per heavy atom. The molecule has 8 heteroatoms. The first-order valence-electron chi connectivity index (χ1n) is 8.90. The number of carbonyl (C=O) groups excluding carboxylic acids is 1. The lowest BCUT2D eigenvalue weighted by atomic mass is 10.1. The smallest absolute Gasteiger partial charge is 0.263 e. The van der Waals surface area contributed by atoms with Crippen molar-refractivity contribution in [2.75, 3.05) is 10.0 Å². The van der Waals surface area contributed by atoms with E-state index in [-0.39, 0.29) is 22.2 Å². The van der Waals surface area contributed by atoms with Crippen LogP contribution < -0.4 is 10.0 Å². The Morgan fingerprint density at radius 3 is 2.68 bits per heavy atom. The second kappa shape index (κ2) is 7.12. The molecule has 0 spiro atoms. The first kappa shape index (κ1) is 18.2. The lowest BCUT2D eigenvalue weighted by Gasteiger charge is -2.09. The second-order valence-electron chi connectivity index (χ2n) is 6.75. The fraction of sp³-hybridized carbons (Fsp3) is 0.200. The van der Waals surface area contributed by atoms with Crippen LogP contribution in [0.4, 0.5) is 11.5 Å². The van der Waals surface area contributed by atoms with E-state index in [0.717, 1.165) is 19.3 Å². The largest absolute Gasteiger partial charge is 0.360 e. The van der Waals surface area contributed by atoms with E-state index in [2.05, 4.69) is 15.2 Å². The topological polar surface area (TPSA) is 101 Å². The minimum absolute atomic E-state index is 0.0326. The van der Waals surface area contributed by atoms with Gasteiger partial charge in [0.1, 0.15) is 5.76 Å². The molecule has 0 unspecified atom stereocenters. The summed E-state index contributed by atoms with van der Waals surface area (Å²) in [4.78, 5) is 12.6. The normalized spacial score (nSPS) is 13.2. The Kier molecular flexibility index (Phi) is 4.64. The number of nitrogens with zero attached hydrogens (tertiary/aromatic N) is 1. The van der Waals surface area contributed by atoms with Crippen LogP contribution in [0.5, 0.6) is 0 Å². The van der Waals surface area contributed by atoms with Crippen molar-refractivity contribution in [3.63, 3.8) is 0 Å². The number of aromatic nitrogens is 1. The zero-order chi connectivity index (χ0) is 19.7. The molecular formula is C20H19N3O4S. The van der Waals surface area contributed by atoms with Gasteiger partial charge in [-0.1, -0.05) is 17.3 Å². The van der Waals surface area contributed by atoms with E-state index in [1.54, 1.807) is 13.0 Å². The molecule has 3 aromatic rings. The number of carbonyl (C=O) groups is 1. The molecule has 144 valence electrons. The Labute approximate surface area is 162 Å². The third-order valence-electron chi connectivity index (χ3n) is 4.63. The summed E-state index contributed by atoms with van der Waals surface area (Å²) in [5.41, 5.74) is 3.52. The van der Waals surface area contributed by atoms with E-state index < -0.39 is 10.0 Å². The van der Waals surface area contributed by atoms with Gasteiger partial charge in [0.2, 0.25) is 0 Å². The molecular weight excluding hydrogens is 378 g/mol. The average molecular weight is 397 g/mol. The zero-order valence-corrected chi connectivity index (χ0v) is 16.0. The highest BCUT2D eigenvalue weighted by molar-refractivity contribution is 7.92. The molecule has 0 saturated heterocycles. The van der Waals surface area contributed by atoms with E-state index in [4.69, 9.17) is 4.52 Å². The Hall–Kier alpha value is -3.13. The van der Waals surface area contributed by atoms with Crippen LogP contribution in [0.3, 0.4) is 0 Å². The van der Waals surface area contributed by atoms with Gasteiger partial charge in [-0.25, -0.2) is 8.42 Å². The molecule has 0 atom stereocenters. The fourth-order valence-corrected chi connectivity index (χ4v) is 4.30. The molecule has 2 aromatic carbocycles. The molecule has 2 N–H and O–H groups in total. The first-order valence-corrected chi connectivity index (χ1v) is 10.4. The fourth-order valence-electron chi connectivity index (χ4n) is 3.27. The lowest BCUT2D eigenvalue weighted by molar-refractivity contribution is 0.102. The third kappa shape index (κ3) is 3.77. The van der Waals surface area contributed by atoms with Gasteiger partial charge >= 0.3 is 0 Å². The number of fused-ring (bicyclic) bond motifs is 1. The molecule has 1 amide bonds. The minimum atomic E-state index is -3.89. The van der Waals surface area contributed by atoms with Gasteiger partial charge in [0.25, 0.3) is 15.9 Å². The first-order chi connectivity index (χ1) is 13.4. The van der Waals surface area contributed by atoms with Gasteiger partial charge in [0.15, 0.2) is 5.82 Å². The highest BCUT2D eigenvalue weighted by Gasteiger charge is 2.19. The van der Waals surface area contributed by atoms with Crippen LogP contribution in [0.25, 0.3) is 0 Å². The van der Waals surface area contributed by atoms with Gasteiger partial charge in [-0.2, -0.15) is 0 Å². The van der Waals surface area contributed by atoms with E-state index in [0.29, 0.717) is 11.4 Å². The molecule has 7 nitrogen and oxygen atoms in total. The molecule has 1 aliphatic rings. The summed E-state index contributed by atoms with van der Waals surface area (Å²) >= 11 is 0. The van der Waals surface area contributed by atoms with Crippen LogP contribution in [-0.2, 0) is 22.9 Å². The maximum atomic E-state index is 12.6. The number of hydrogen-bond acceptors (Lipinski definition) is 5. The summed E-state index contributed by atoms with van der Waals surface area (Å²) in [5.74, 6) is 0.206. The van der Waals surface area contributed by atoms with Crippen LogP contribution in [-0.4, -0.2) is 19.5 Å². The number of hydrogen-bond donors (Lipinski definition) is 2. The maximum Gasteiger partial charge on any atom is 0.263 e. The molecule has 4 rings (SSSR count). The highest BCUT2D eigenvalue weighted by Crippen LogP contribution is 2.25. The van der Waals surface area contributed by atoms with Gasteiger partial charge in [-0.05, 0) is 67.6 Å². The number of rotatable bonds is 5. The standard InChI is InChI=1S/C20H19N3O4S/c1-13-10-19(22-27-13)23-28(25,26)18-7-3-6-16(12-18)20(24)21-17-9-8-14-4-2-5-15(14)11-17/h3,6-12H,2,4-5H2,1H3,(H,21,24)(H,22,23). The monoisotopic (exact) mass is 397 g/mol. The number of anilines is 2. The SMILES string of the molecule is Cc1cc(NS(=O)(=O)c2cccc(C(=O)Nc3ccc4c(c3)CCC4)c2)no1. The summed E-state index contributed by atoms with van der Waals surface area (Å²) in [6, 6.07) is 13.2. The van der Waals surface area contributed by atoms with Crippen LogP contribution in [0.1, 0.15) is 33.7 Å². The number of amides is 1. The Morgan fingerprint density at radius 1 is 1.07 bits per heavy atom. The van der Waals surface area contributed by atoms with Gasteiger partial charge in [0.05, 0.1) is 4.90 Å². The predicted molar refractivity (Wildman–Crippen MR) is 105 cm³/mol. The van der Waals surface area contributed by atoms with Crippen molar-refractivity contribution in [3.05, 3.63) is 71.0 Å². The van der Waals surface area contributed by atoms with E-state index in [1.807, 2.05) is 18.2 Å². The zero-order valence-electron chi connectivity index (χ0n) is 15.2. The molecule has 0 fully saturated rings. The minimum Gasteiger partial charge on any atom is -0.360 e. The Balaban J connectivity index is 1.53. The van der Waals surface area contributed by atoms with Crippen molar-refractivity contribution in [1.29, 1.82) is 0 Å². The number of nitrogens with one attached hydrogen (secondary N) is 2. The van der Waals surface area contributed by atoms with Crippen molar-refractivity contribution in [3.8, 4) is 0 Å². The molecule has 0 aliphatic heterocycles. The van der Waals surface area contributed by atoms with Crippen molar-refractivity contribution in [1.82, 2.24) is 5.16 Å². The summed E-state index contributed by atoms with van der Waals surface area (Å²) in [6.07, 6.45) is 3.21. The molecule has 1 heterocycles. The van der Waals surface area contributed by atoms with Crippen molar-refractivity contribution >= 4 is 27.4 Å².